The second-order valence-electron chi connectivity index (χ2n) is 7.59. The molecule has 0 aromatic heterocycles. The lowest BCUT2D eigenvalue weighted by molar-refractivity contribution is -0.142. The van der Waals surface area contributed by atoms with Crippen LogP contribution in [0.15, 0.2) is 54.6 Å². The number of carboxylic acid groups (broad SMARTS) is 1. The number of amides is 3. The number of benzene rings is 2. The van der Waals surface area contributed by atoms with Crippen molar-refractivity contribution in [3.63, 3.8) is 0 Å². The van der Waals surface area contributed by atoms with E-state index in [-0.39, 0.29) is 18.6 Å². The zero-order valence-electron chi connectivity index (χ0n) is 18.3. The Balaban J connectivity index is 1.85. The zero-order valence-corrected chi connectivity index (χ0v) is 18.3. The lowest BCUT2D eigenvalue weighted by Crippen LogP contribution is -2.55. The Morgan fingerprint density at radius 1 is 0.824 bits per heavy atom. The Hall–Kier alpha value is -3.96. The van der Waals surface area contributed by atoms with Crippen LogP contribution in [-0.4, -0.2) is 70.3 Å². The van der Waals surface area contributed by atoms with Crippen LogP contribution in [0.5, 0.6) is 5.75 Å². The van der Waals surface area contributed by atoms with E-state index in [9.17, 15) is 34.5 Å². The number of rotatable bonds is 12. The second-order valence-corrected chi connectivity index (χ2v) is 7.59. The predicted octanol–water partition coefficient (Wildman–Crippen LogP) is -1.33. The smallest absolute Gasteiger partial charge is 0.326 e. The van der Waals surface area contributed by atoms with Crippen LogP contribution in [0.1, 0.15) is 11.1 Å². The second kappa shape index (κ2) is 12.9. The molecule has 11 heteroatoms. The molecule has 0 aliphatic rings. The number of nitrogens with one attached hydrogen (secondary N) is 3. The molecule has 0 aliphatic heterocycles. The molecule has 0 fully saturated rings. The first-order valence-electron chi connectivity index (χ1n) is 10.5. The van der Waals surface area contributed by atoms with E-state index in [0.29, 0.717) is 5.56 Å². The van der Waals surface area contributed by atoms with E-state index in [2.05, 4.69) is 16.0 Å². The van der Waals surface area contributed by atoms with Crippen LogP contribution < -0.4 is 21.7 Å². The van der Waals surface area contributed by atoms with E-state index < -0.39 is 55.0 Å². The van der Waals surface area contributed by atoms with E-state index in [4.69, 9.17) is 5.73 Å². The normalized spacial score (nSPS) is 13.2. The number of phenolic OH excluding ortho intramolecular Hbond substituents is 1. The maximum atomic E-state index is 12.4. The average Bonchev–Trinajstić information content (AvgIpc) is 2.82. The van der Waals surface area contributed by atoms with Crippen molar-refractivity contribution in [1.29, 1.82) is 0 Å². The van der Waals surface area contributed by atoms with Crippen LogP contribution >= 0.6 is 0 Å². The van der Waals surface area contributed by atoms with E-state index in [1.54, 1.807) is 0 Å². The molecule has 8 N–H and O–H groups in total. The van der Waals surface area contributed by atoms with Gasteiger partial charge in [0.25, 0.3) is 0 Å². The standard InChI is InChI=1S/C23H28N4O7/c24-17(10-14-4-2-1-3-5-14)21(31)25-12-20(30)26-19(13-28)22(32)27-18(23(33)34)11-15-6-8-16(29)9-7-15/h1-9,17-19,28-29H,10-13,24H2,(H,25,31)(H,26,30)(H,27,32)(H,33,34). The molecule has 3 amide bonds. The minimum absolute atomic E-state index is 0.0100. The Morgan fingerprint density at radius 3 is 2.03 bits per heavy atom. The number of phenols is 1. The van der Waals surface area contributed by atoms with Crippen LogP contribution in [0.2, 0.25) is 0 Å². The Morgan fingerprint density at radius 2 is 1.44 bits per heavy atom. The summed E-state index contributed by atoms with van der Waals surface area (Å²) < 4.78 is 0. The number of aliphatic carboxylic acids is 1. The largest absolute Gasteiger partial charge is 0.508 e. The summed E-state index contributed by atoms with van der Waals surface area (Å²) in [4.78, 5) is 48.2. The highest BCUT2D eigenvalue weighted by Crippen LogP contribution is 2.11. The highest BCUT2D eigenvalue weighted by atomic mass is 16.4. The van der Waals surface area contributed by atoms with Crippen molar-refractivity contribution in [2.45, 2.75) is 31.0 Å². The molecule has 3 unspecified atom stereocenters. The summed E-state index contributed by atoms with van der Waals surface area (Å²) in [5.41, 5.74) is 7.25. The third-order valence-corrected chi connectivity index (χ3v) is 4.88. The molecule has 0 spiro atoms. The lowest BCUT2D eigenvalue weighted by atomic mass is 10.1. The summed E-state index contributed by atoms with van der Waals surface area (Å²) in [6.07, 6.45) is 0.191. The summed E-state index contributed by atoms with van der Waals surface area (Å²) in [6.45, 7) is -1.27. The summed E-state index contributed by atoms with van der Waals surface area (Å²) in [5.74, 6) is -3.54. The van der Waals surface area contributed by atoms with Crippen molar-refractivity contribution < 1.29 is 34.5 Å². The quantitative estimate of drug-likeness (QED) is 0.197. The third-order valence-electron chi connectivity index (χ3n) is 4.88. The number of carbonyl (C=O) groups is 4. The van der Waals surface area contributed by atoms with Crippen LogP contribution in [0.3, 0.4) is 0 Å². The molecule has 3 atom stereocenters. The highest BCUT2D eigenvalue weighted by molar-refractivity contribution is 5.92. The predicted molar refractivity (Wildman–Crippen MR) is 122 cm³/mol. The van der Waals surface area contributed by atoms with Gasteiger partial charge >= 0.3 is 5.97 Å². The number of aliphatic hydroxyl groups is 1. The zero-order chi connectivity index (χ0) is 25.1. The number of nitrogens with two attached hydrogens (primary N) is 1. The average molecular weight is 472 g/mol. The summed E-state index contributed by atoms with van der Waals surface area (Å²) in [5, 5.41) is 35.1. The topological polar surface area (TPSA) is 191 Å². The fourth-order valence-electron chi connectivity index (χ4n) is 3.04. The van der Waals surface area contributed by atoms with E-state index in [0.717, 1.165) is 5.56 Å². The van der Waals surface area contributed by atoms with E-state index >= 15 is 0 Å². The fourth-order valence-corrected chi connectivity index (χ4v) is 3.04. The molecule has 0 radical (unpaired) electrons. The van der Waals surface area contributed by atoms with Gasteiger partial charge in [-0.25, -0.2) is 4.79 Å². The maximum absolute atomic E-state index is 12.4. The van der Waals surface area contributed by atoms with Crippen molar-refractivity contribution in [2.24, 2.45) is 5.73 Å². The highest BCUT2D eigenvalue weighted by Gasteiger charge is 2.26. The molecule has 2 rings (SSSR count). The van der Waals surface area contributed by atoms with Crippen LogP contribution in [0.4, 0.5) is 0 Å². The number of carbonyl (C=O) groups excluding carboxylic acids is 3. The number of hydrogen-bond acceptors (Lipinski definition) is 7. The first-order valence-corrected chi connectivity index (χ1v) is 10.5. The molecule has 2 aromatic carbocycles. The minimum Gasteiger partial charge on any atom is -0.508 e. The van der Waals surface area contributed by atoms with E-state index in [1.807, 2.05) is 30.3 Å². The van der Waals surface area contributed by atoms with Gasteiger partial charge in [0.15, 0.2) is 0 Å². The Bertz CT molecular complexity index is 983. The van der Waals surface area contributed by atoms with Crippen molar-refractivity contribution in [3.8, 4) is 5.75 Å². The van der Waals surface area contributed by atoms with Crippen molar-refractivity contribution in [3.05, 3.63) is 65.7 Å². The van der Waals surface area contributed by atoms with Crippen molar-refractivity contribution >= 4 is 23.7 Å². The molecule has 182 valence electrons. The van der Waals surface area contributed by atoms with Gasteiger partial charge in [-0.1, -0.05) is 42.5 Å². The first kappa shape index (κ1) is 26.3. The van der Waals surface area contributed by atoms with Gasteiger partial charge in [-0.3, -0.25) is 14.4 Å². The van der Waals surface area contributed by atoms with Crippen molar-refractivity contribution in [2.75, 3.05) is 13.2 Å². The fraction of sp³-hybridized carbons (Fsp3) is 0.304. The van der Waals surface area contributed by atoms with Gasteiger partial charge in [0.1, 0.15) is 17.8 Å². The first-order chi connectivity index (χ1) is 16.2. The molecule has 0 bridgehead atoms. The maximum Gasteiger partial charge on any atom is 0.326 e. The van der Waals surface area contributed by atoms with E-state index in [1.165, 1.54) is 24.3 Å². The van der Waals surface area contributed by atoms with Crippen LogP contribution in [0, 0.1) is 0 Å². The monoisotopic (exact) mass is 472 g/mol. The number of aromatic hydroxyl groups is 1. The molecule has 0 aliphatic carbocycles. The van der Waals surface area contributed by atoms with Gasteiger partial charge in [-0.05, 0) is 29.7 Å². The third kappa shape index (κ3) is 8.52. The minimum atomic E-state index is -1.43. The summed E-state index contributed by atoms with van der Waals surface area (Å²) in [7, 11) is 0. The van der Waals surface area contributed by atoms with Gasteiger partial charge in [0.05, 0.1) is 19.2 Å². The van der Waals surface area contributed by atoms with Gasteiger partial charge in [-0.2, -0.15) is 0 Å². The Labute approximate surface area is 196 Å². The summed E-state index contributed by atoms with van der Waals surface area (Å²) in [6, 6.07) is 11.2. The lowest BCUT2D eigenvalue weighted by Gasteiger charge is -2.20. The Kier molecular flexibility index (Phi) is 9.99. The molecule has 2 aromatic rings. The molecule has 0 heterocycles. The van der Waals surface area contributed by atoms with Gasteiger partial charge < -0.3 is 37.0 Å². The van der Waals surface area contributed by atoms with Gasteiger partial charge in [0, 0.05) is 6.42 Å². The molecular formula is C23H28N4O7. The number of aliphatic hydroxyl groups excluding tert-OH is 1. The van der Waals surface area contributed by atoms with Crippen LogP contribution in [-0.2, 0) is 32.0 Å². The van der Waals surface area contributed by atoms with Gasteiger partial charge in [-0.15, -0.1) is 0 Å². The van der Waals surface area contributed by atoms with Crippen molar-refractivity contribution in [1.82, 2.24) is 16.0 Å². The molecular weight excluding hydrogens is 444 g/mol. The summed E-state index contributed by atoms with van der Waals surface area (Å²) >= 11 is 0. The number of carboxylic acids is 1. The van der Waals surface area contributed by atoms with Gasteiger partial charge in [0.2, 0.25) is 17.7 Å². The SMILES string of the molecule is NC(Cc1ccccc1)C(=O)NCC(=O)NC(CO)C(=O)NC(Cc1ccc(O)cc1)C(=O)O. The van der Waals surface area contributed by atoms with Crippen LogP contribution in [0.25, 0.3) is 0 Å². The molecule has 0 saturated heterocycles. The molecule has 34 heavy (non-hydrogen) atoms. The molecule has 11 nitrogen and oxygen atoms in total. The molecule has 0 saturated carbocycles. The number of hydrogen-bond donors (Lipinski definition) is 7.